The van der Waals surface area contributed by atoms with Gasteiger partial charge >= 0.3 is 6.03 Å². The first-order chi connectivity index (χ1) is 17.7. The zero-order valence-corrected chi connectivity index (χ0v) is 22.0. The van der Waals surface area contributed by atoms with Crippen LogP contribution in [0.15, 0.2) is 42.7 Å². The van der Waals surface area contributed by atoms with Gasteiger partial charge in [-0.15, -0.1) is 0 Å². The fraction of sp³-hybridized carbons (Fsp3) is 0.440. The van der Waals surface area contributed by atoms with E-state index < -0.39 is 14.6 Å². The molecule has 12 heteroatoms. The molecule has 0 unspecified atom stereocenters. The van der Waals surface area contributed by atoms with Crippen molar-refractivity contribution in [2.45, 2.75) is 37.0 Å². The zero-order valence-electron chi connectivity index (χ0n) is 21.1. The van der Waals surface area contributed by atoms with Crippen molar-refractivity contribution >= 4 is 33.1 Å². The Labute approximate surface area is 216 Å². The zero-order chi connectivity index (χ0) is 26.2. The molecule has 1 aliphatic carbocycles. The summed E-state index contributed by atoms with van der Waals surface area (Å²) in [6, 6.07) is 8.77. The number of nitrogens with zero attached hydrogens (tertiary/aromatic N) is 5. The summed E-state index contributed by atoms with van der Waals surface area (Å²) in [4.78, 5) is 24.1. The number of benzene rings is 1. The Hall–Kier alpha value is -3.51. The minimum absolute atomic E-state index is 0.155. The van der Waals surface area contributed by atoms with Gasteiger partial charge in [0.2, 0.25) is 0 Å². The lowest BCUT2D eigenvalue weighted by molar-refractivity contribution is 0.0925. The molecule has 1 atom stereocenters. The van der Waals surface area contributed by atoms with Crippen LogP contribution in [0.4, 0.5) is 22.0 Å². The van der Waals surface area contributed by atoms with Gasteiger partial charge in [0, 0.05) is 43.4 Å². The Kier molecular flexibility index (Phi) is 6.63. The lowest BCUT2D eigenvalue weighted by Crippen LogP contribution is -2.45. The molecule has 11 nitrogen and oxygen atoms in total. The molecule has 1 saturated heterocycles. The van der Waals surface area contributed by atoms with E-state index in [4.69, 9.17) is 14.7 Å². The van der Waals surface area contributed by atoms with Gasteiger partial charge in [0.1, 0.15) is 10.6 Å². The summed E-state index contributed by atoms with van der Waals surface area (Å²) >= 11 is 0. The van der Waals surface area contributed by atoms with Gasteiger partial charge in [-0.1, -0.05) is 6.92 Å². The second kappa shape index (κ2) is 9.75. The third-order valence-corrected chi connectivity index (χ3v) is 8.99. The summed E-state index contributed by atoms with van der Waals surface area (Å²) in [6.07, 6.45) is 6.53. The molecule has 2 aliphatic rings. The molecule has 0 radical (unpaired) electrons. The Morgan fingerprint density at radius 3 is 2.51 bits per heavy atom. The van der Waals surface area contributed by atoms with Crippen LogP contribution in [0.3, 0.4) is 0 Å². The SMILES string of the molecule is CC[C@H]1COCCN1c1cc(C2(S(C)(=O)=O)CC2)nc(-c2ccc(NC(=O)Nc3cnn(C)c3)cc2)n1. The normalized spacial score (nSPS) is 18.9. The minimum atomic E-state index is -3.35. The first-order valence-corrected chi connectivity index (χ1v) is 14.2. The van der Waals surface area contributed by atoms with E-state index in [2.05, 4.69) is 27.6 Å². The molecule has 1 aromatic carbocycles. The molecule has 2 N–H and O–H groups in total. The van der Waals surface area contributed by atoms with Crippen molar-refractivity contribution in [3.8, 4) is 11.4 Å². The fourth-order valence-corrected chi connectivity index (χ4v) is 5.98. The summed E-state index contributed by atoms with van der Waals surface area (Å²) in [7, 11) is -1.58. The van der Waals surface area contributed by atoms with Gasteiger partial charge in [-0.05, 0) is 43.5 Å². The number of rotatable bonds is 7. The molecule has 1 saturated carbocycles. The number of hydrogen-bond acceptors (Lipinski definition) is 8. The van der Waals surface area contributed by atoms with E-state index >= 15 is 0 Å². The van der Waals surface area contributed by atoms with Gasteiger partial charge in [0.25, 0.3) is 0 Å². The predicted octanol–water partition coefficient (Wildman–Crippen LogP) is 3.17. The number of nitrogens with one attached hydrogen (secondary N) is 2. The van der Waals surface area contributed by atoms with Gasteiger partial charge in [-0.2, -0.15) is 5.10 Å². The van der Waals surface area contributed by atoms with Crippen LogP contribution < -0.4 is 15.5 Å². The molecule has 0 bridgehead atoms. The van der Waals surface area contributed by atoms with Gasteiger partial charge in [-0.3, -0.25) is 4.68 Å². The fourth-order valence-electron chi connectivity index (χ4n) is 4.65. The molecule has 2 fully saturated rings. The maximum absolute atomic E-state index is 12.7. The van der Waals surface area contributed by atoms with Crippen LogP contribution in [0, 0.1) is 0 Å². The van der Waals surface area contributed by atoms with Gasteiger partial charge in [0.15, 0.2) is 15.7 Å². The Balaban J connectivity index is 1.44. The van der Waals surface area contributed by atoms with E-state index in [0.717, 1.165) is 12.0 Å². The highest BCUT2D eigenvalue weighted by molar-refractivity contribution is 7.91. The van der Waals surface area contributed by atoms with E-state index in [1.807, 2.05) is 18.2 Å². The second-order valence-corrected chi connectivity index (χ2v) is 11.9. The summed E-state index contributed by atoms with van der Waals surface area (Å²) in [6.45, 7) is 3.97. The maximum atomic E-state index is 12.7. The van der Waals surface area contributed by atoms with E-state index in [-0.39, 0.29) is 12.1 Å². The van der Waals surface area contributed by atoms with E-state index in [1.54, 1.807) is 36.3 Å². The molecule has 2 amide bonds. The highest BCUT2D eigenvalue weighted by atomic mass is 32.2. The number of aryl methyl sites for hydroxylation is 1. The third-order valence-electron chi connectivity index (χ3n) is 6.95. The molecule has 0 spiro atoms. The predicted molar refractivity (Wildman–Crippen MR) is 141 cm³/mol. The smallest absolute Gasteiger partial charge is 0.323 e. The molecular weight excluding hydrogens is 494 g/mol. The standard InChI is InChI=1S/C25H31N7O4S/c1-4-20-16-36-12-11-32(20)22-13-21(25(9-10-25)37(3,34)35)29-23(30-22)17-5-7-18(8-6-17)27-24(33)28-19-14-26-31(2)15-19/h5-8,13-15,20H,4,9-12,16H2,1-3H3,(H2,27,28,33)/t20-/m0/s1. The number of morpholine rings is 1. The summed E-state index contributed by atoms with van der Waals surface area (Å²) < 4.78 is 31.7. The summed E-state index contributed by atoms with van der Waals surface area (Å²) in [5.74, 6) is 1.17. The van der Waals surface area contributed by atoms with Crippen molar-refractivity contribution in [2.24, 2.45) is 7.05 Å². The Morgan fingerprint density at radius 1 is 1.16 bits per heavy atom. The number of carbonyl (C=O) groups is 1. The molecule has 3 heterocycles. The summed E-state index contributed by atoms with van der Waals surface area (Å²) in [5.41, 5.74) is 2.44. The Morgan fingerprint density at radius 2 is 1.89 bits per heavy atom. The second-order valence-electron chi connectivity index (χ2n) is 9.59. The number of hydrogen-bond donors (Lipinski definition) is 2. The number of sulfone groups is 1. The van der Waals surface area contributed by atoms with Crippen molar-refractivity contribution in [1.82, 2.24) is 19.7 Å². The minimum Gasteiger partial charge on any atom is -0.377 e. The van der Waals surface area contributed by atoms with Crippen LogP contribution >= 0.6 is 0 Å². The van der Waals surface area contributed by atoms with Crippen molar-refractivity contribution in [2.75, 3.05) is 41.5 Å². The quantitative estimate of drug-likeness (QED) is 0.481. The average molecular weight is 526 g/mol. The number of amides is 2. The lowest BCUT2D eigenvalue weighted by atomic mass is 10.1. The number of ether oxygens (including phenoxy) is 1. The van der Waals surface area contributed by atoms with Crippen LogP contribution in [0.1, 0.15) is 31.9 Å². The van der Waals surface area contributed by atoms with Crippen LogP contribution in [0.5, 0.6) is 0 Å². The van der Waals surface area contributed by atoms with Crippen molar-refractivity contribution < 1.29 is 17.9 Å². The van der Waals surface area contributed by atoms with Gasteiger partial charge < -0.3 is 20.3 Å². The highest BCUT2D eigenvalue weighted by Crippen LogP contribution is 2.52. The average Bonchev–Trinajstić information content (AvgIpc) is 3.62. The van der Waals surface area contributed by atoms with Crippen LogP contribution in [0.25, 0.3) is 11.4 Å². The summed E-state index contributed by atoms with van der Waals surface area (Å²) in [5, 5.41) is 9.55. The van der Waals surface area contributed by atoms with Crippen molar-refractivity contribution in [1.29, 1.82) is 0 Å². The van der Waals surface area contributed by atoms with E-state index in [0.29, 0.717) is 61.3 Å². The molecule has 1 aliphatic heterocycles. The first-order valence-electron chi connectivity index (χ1n) is 12.3. The third kappa shape index (κ3) is 5.16. The topological polar surface area (TPSA) is 131 Å². The molecule has 5 rings (SSSR count). The number of urea groups is 1. The van der Waals surface area contributed by atoms with Gasteiger partial charge in [-0.25, -0.2) is 23.2 Å². The molecule has 37 heavy (non-hydrogen) atoms. The number of anilines is 3. The molecule has 2 aromatic heterocycles. The van der Waals surface area contributed by atoms with E-state index in [1.165, 1.54) is 6.26 Å². The van der Waals surface area contributed by atoms with E-state index in [9.17, 15) is 13.2 Å². The molecule has 3 aromatic rings. The number of carbonyl (C=O) groups excluding carboxylic acids is 1. The lowest BCUT2D eigenvalue weighted by Gasteiger charge is -2.36. The molecular formula is C25H31N7O4S. The Bertz CT molecular complexity index is 1400. The monoisotopic (exact) mass is 525 g/mol. The van der Waals surface area contributed by atoms with Crippen LogP contribution in [-0.2, 0) is 26.4 Å². The number of aromatic nitrogens is 4. The van der Waals surface area contributed by atoms with Crippen molar-refractivity contribution in [3.05, 3.63) is 48.4 Å². The van der Waals surface area contributed by atoms with Crippen LogP contribution in [-0.4, -0.2) is 66.3 Å². The van der Waals surface area contributed by atoms with Gasteiger partial charge in [0.05, 0.1) is 36.8 Å². The largest absolute Gasteiger partial charge is 0.377 e. The molecule has 196 valence electrons. The maximum Gasteiger partial charge on any atom is 0.323 e. The van der Waals surface area contributed by atoms with Crippen molar-refractivity contribution in [3.63, 3.8) is 0 Å². The highest BCUT2D eigenvalue weighted by Gasteiger charge is 2.55. The van der Waals surface area contributed by atoms with Crippen LogP contribution in [0.2, 0.25) is 0 Å². The first kappa shape index (κ1) is 25.2.